The average molecular weight is 432 g/mol. The predicted molar refractivity (Wildman–Crippen MR) is 137 cm³/mol. The first-order chi connectivity index (χ1) is 15.0. The summed E-state index contributed by atoms with van der Waals surface area (Å²) in [5, 5.41) is 1.40. The second-order valence-corrected chi connectivity index (χ2v) is 9.86. The Hall–Kier alpha value is -2.44. The third kappa shape index (κ3) is 5.43. The van der Waals surface area contributed by atoms with Gasteiger partial charge in [-0.2, -0.15) is 0 Å². The number of hydrogen-bond acceptors (Lipinski definition) is 2. The van der Waals surface area contributed by atoms with Gasteiger partial charge in [-0.05, 0) is 54.8 Å². The summed E-state index contributed by atoms with van der Waals surface area (Å²) in [6.07, 6.45) is 4.11. The van der Waals surface area contributed by atoms with Crippen LogP contribution in [0.5, 0.6) is 5.75 Å². The van der Waals surface area contributed by atoms with Crippen LogP contribution in [0.25, 0.3) is 0 Å². The summed E-state index contributed by atoms with van der Waals surface area (Å²) in [7, 11) is 2.49. The standard InChI is InChI=1S/C28H34NOP/c1-6-28(7-2,31-26-17-16-21(3)18-24(26)19-29-5)25-15-11-12-22(4)27(25)30-20-23-13-9-8-10-14-23/h8-19,31H,6-7,20H2,1-5H3/b29-19+. The van der Waals surface area contributed by atoms with Gasteiger partial charge in [0.05, 0.1) is 0 Å². The van der Waals surface area contributed by atoms with Crippen LogP contribution in [0, 0.1) is 13.8 Å². The molecule has 0 saturated heterocycles. The predicted octanol–water partition coefficient (Wildman–Crippen LogP) is 6.95. The third-order valence-electron chi connectivity index (χ3n) is 6.01. The number of aryl methyl sites for hydroxylation is 2. The van der Waals surface area contributed by atoms with Crippen LogP contribution in [0.15, 0.2) is 71.7 Å². The van der Waals surface area contributed by atoms with E-state index in [2.05, 4.69) is 93.4 Å². The Bertz CT molecular complexity index is 1020. The lowest BCUT2D eigenvalue weighted by Gasteiger charge is -2.35. The van der Waals surface area contributed by atoms with E-state index in [-0.39, 0.29) is 5.16 Å². The molecule has 0 aliphatic heterocycles. The van der Waals surface area contributed by atoms with Gasteiger partial charge in [0.1, 0.15) is 12.4 Å². The molecule has 0 aliphatic rings. The normalized spacial score (nSPS) is 12.2. The molecule has 0 aliphatic carbocycles. The van der Waals surface area contributed by atoms with Gasteiger partial charge in [0, 0.05) is 24.0 Å². The van der Waals surface area contributed by atoms with Gasteiger partial charge < -0.3 is 4.74 Å². The molecule has 0 spiro atoms. The molecular weight excluding hydrogens is 397 g/mol. The van der Waals surface area contributed by atoms with E-state index in [9.17, 15) is 0 Å². The molecule has 3 aromatic rings. The van der Waals surface area contributed by atoms with Crippen LogP contribution in [0.3, 0.4) is 0 Å². The summed E-state index contributed by atoms with van der Waals surface area (Å²) in [5.74, 6) is 1.04. The van der Waals surface area contributed by atoms with Crippen LogP contribution in [-0.4, -0.2) is 13.3 Å². The third-order valence-corrected chi connectivity index (χ3v) is 8.19. The van der Waals surface area contributed by atoms with Crippen molar-refractivity contribution in [1.82, 2.24) is 0 Å². The molecule has 3 rings (SSSR count). The highest BCUT2D eigenvalue weighted by Gasteiger charge is 2.33. The average Bonchev–Trinajstić information content (AvgIpc) is 2.79. The SMILES string of the molecule is CCC(CC)(Pc1ccc(C)cc1/C=N/C)c1cccc(C)c1OCc1ccccc1. The highest BCUT2D eigenvalue weighted by molar-refractivity contribution is 7.48. The van der Waals surface area contributed by atoms with Crippen molar-refractivity contribution in [2.45, 2.75) is 52.3 Å². The van der Waals surface area contributed by atoms with Gasteiger partial charge in [-0.25, -0.2) is 0 Å². The molecule has 0 fully saturated rings. The minimum atomic E-state index is 0.0314. The number of rotatable bonds is 9. The smallest absolute Gasteiger partial charge is 0.126 e. The fourth-order valence-corrected chi connectivity index (χ4v) is 5.77. The van der Waals surface area contributed by atoms with Gasteiger partial charge in [0.25, 0.3) is 0 Å². The minimum Gasteiger partial charge on any atom is -0.488 e. The zero-order valence-electron chi connectivity index (χ0n) is 19.4. The Kier molecular flexibility index (Phi) is 8.04. The first-order valence-corrected chi connectivity index (χ1v) is 12.1. The van der Waals surface area contributed by atoms with Crippen molar-refractivity contribution in [3.05, 3.63) is 94.5 Å². The van der Waals surface area contributed by atoms with E-state index in [1.807, 2.05) is 19.3 Å². The van der Waals surface area contributed by atoms with E-state index in [0.717, 1.165) is 18.6 Å². The van der Waals surface area contributed by atoms with Crippen LogP contribution in [0.4, 0.5) is 0 Å². The number of ether oxygens (including phenoxy) is 1. The van der Waals surface area contributed by atoms with E-state index in [4.69, 9.17) is 4.74 Å². The Morgan fingerprint density at radius 3 is 2.35 bits per heavy atom. The van der Waals surface area contributed by atoms with Crippen LogP contribution in [0.1, 0.15) is 54.5 Å². The highest BCUT2D eigenvalue weighted by atomic mass is 31.1. The van der Waals surface area contributed by atoms with Crippen molar-refractivity contribution in [2.24, 2.45) is 4.99 Å². The molecule has 0 bridgehead atoms. The Balaban J connectivity index is 2.02. The molecule has 0 saturated carbocycles. The van der Waals surface area contributed by atoms with Crippen LogP contribution in [0.2, 0.25) is 0 Å². The monoisotopic (exact) mass is 431 g/mol. The van der Waals surface area contributed by atoms with Crippen LogP contribution >= 0.6 is 8.58 Å². The molecule has 0 aromatic heterocycles. The summed E-state index contributed by atoms with van der Waals surface area (Å²) in [4.78, 5) is 4.31. The Morgan fingerprint density at radius 1 is 0.935 bits per heavy atom. The van der Waals surface area contributed by atoms with Gasteiger partial charge in [0.2, 0.25) is 0 Å². The van der Waals surface area contributed by atoms with E-state index >= 15 is 0 Å². The first kappa shape index (κ1) is 23.2. The second-order valence-electron chi connectivity index (χ2n) is 8.12. The van der Waals surface area contributed by atoms with Gasteiger partial charge in [-0.3, -0.25) is 4.99 Å². The lowest BCUT2D eigenvalue weighted by atomic mass is 9.90. The number of aliphatic imine (C=N–C) groups is 1. The van der Waals surface area contributed by atoms with Crippen molar-refractivity contribution in [3.63, 3.8) is 0 Å². The van der Waals surface area contributed by atoms with Crippen molar-refractivity contribution in [1.29, 1.82) is 0 Å². The fourth-order valence-electron chi connectivity index (χ4n) is 4.13. The topological polar surface area (TPSA) is 21.6 Å². The largest absolute Gasteiger partial charge is 0.488 e. The maximum atomic E-state index is 6.48. The number of nitrogens with zero attached hydrogens (tertiary/aromatic N) is 1. The fraction of sp³-hybridized carbons (Fsp3) is 0.321. The molecule has 31 heavy (non-hydrogen) atoms. The number of benzene rings is 3. The highest BCUT2D eigenvalue weighted by Crippen LogP contribution is 2.51. The molecule has 0 heterocycles. The summed E-state index contributed by atoms with van der Waals surface area (Å²) in [6, 6.07) is 23.8. The molecule has 162 valence electrons. The second kappa shape index (κ2) is 10.7. The van der Waals surface area contributed by atoms with Gasteiger partial charge in [-0.15, -0.1) is 0 Å². The van der Waals surface area contributed by atoms with E-state index in [0.29, 0.717) is 15.2 Å². The van der Waals surface area contributed by atoms with Crippen LogP contribution in [-0.2, 0) is 11.8 Å². The minimum absolute atomic E-state index is 0.0314. The molecule has 0 amide bonds. The zero-order valence-corrected chi connectivity index (χ0v) is 20.4. The summed E-state index contributed by atoms with van der Waals surface area (Å²) in [5.41, 5.74) is 6.21. The van der Waals surface area contributed by atoms with E-state index < -0.39 is 0 Å². The summed E-state index contributed by atoms with van der Waals surface area (Å²) < 4.78 is 6.48. The maximum Gasteiger partial charge on any atom is 0.126 e. The number of para-hydroxylation sites is 1. The lowest BCUT2D eigenvalue weighted by molar-refractivity contribution is 0.296. The van der Waals surface area contributed by atoms with Crippen molar-refractivity contribution in [2.75, 3.05) is 7.05 Å². The van der Waals surface area contributed by atoms with E-state index in [1.54, 1.807) is 0 Å². The molecular formula is C28H34NOP. The Morgan fingerprint density at radius 2 is 1.68 bits per heavy atom. The molecule has 0 radical (unpaired) electrons. The van der Waals surface area contributed by atoms with Gasteiger partial charge in [-0.1, -0.05) is 88.7 Å². The first-order valence-electron chi connectivity index (χ1n) is 11.1. The zero-order chi connectivity index (χ0) is 22.3. The maximum absolute atomic E-state index is 6.48. The molecule has 3 heteroatoms. The molecule has 0 N–H and O–H groups in total. The molecule has 2 nitrogen and oxygen atoms in total. The van der Waals surface area contributed by atoms with Gasteiger partial charge in [0.15, 0.2) is 0 Å². The summed E-state index contributed by atoms with van der Waals surface area (Å²) >= 11 is 0. The molecule has 1 atom stereocenters. The Labute approximate surface area is 189 Å². The van der Waals surface area contributed by atoms with Crippen molar-refractivity contribution >= 4 is 20.1 Å². The summed E-state index contributed by atoms with van der Waals surface area (Å²) in [6.45, 7) is 9.50. The van der Waals surface area contributed by atoms with Crippen molar-refractivity contribution < 1.29 is 4.74 Å². The van der Waals surface area contributed by atoms with E-state index in [1.165, 1.54) is 33.1 Å². The van der Waals surface area contributed by atoms with Crippen LogP contribution < -0.4 is 10.0 Å². The van der Waals surface area contributed by atoms with Crippen molar-refractivity contribution in [3.8, 4) is 5.75 Å². The number of hydrogen-bond donors (Lipinski definition) is 0. The molecule has 3 aromatic carbocycles. The molecule has 1 unspecified atom stereocenters. The quantitative estimate of drug-likeness (QED) is 0.265. The van der Waals surface area contributed by atoms with Gasteiger partial charge >= 0.3 is 0 Å². The lowest BCUT2D eigenvalue weighted by Crippen LogP contribution is -2.24.